The van der Waals surface area contributed by atoms with E-state index in [0.29, 0.717) is 30.1 Å². The Morgan fingerprint density at radius 1 is 0.778 bits per heavy atom. The van der Waals surface area contributed by atoms with Crippen LogP contribution in [0.15, 0.2) is 30.3 Å². The van der Waals surface area contributed by atoms with E-state index in [2.05, 4.69) is 111 Å². The van der Waals surface area contributed by atoms with Gasteiger partial charge in [0.25, 0.3) is 8.32 Å². The van der Waals surface area contributed by atoms with E-state index < -0.39 is 45.5 Å². The maximum atomic E-state index is 17.3. The van der Waals surface area contributed by atoms with Gasteiger partial charge in [0.05, 0.1) is 11.1 Å². The summed E-state index contributed by atoms with van der Waals surface area (Å²) in [6.07, 6.45) is 0.769. The van der Waals surface area contributed by atoms with E-state index in [1.165, 1.54) is 12.1 Å². The van der Waals surface area contributed by atoms with Crippen LogP contribution in [0.2, 0.25) is 33.2 Å². The Morgan fingerprint density at radius 3 is 1.94 bits per heavy atom. The second kappa shape index (κ2) is 16.0. The number of benzene rings is 3. The number of aromatic nitrogens is 2. The summed E-state index contributed by atoms with van der Waals surface area (Å²) in [6, 6.07) is 7.70. The highest BCUT2D eigenvalue weighted by Gasteiger charge is 2.47. The standard InChI is InChI=1S/C44H59F4N3OSi2/c1-25(2)53(26(3)4,27(5)6)20-18-34-37(45)17-16-32-21-33(52-54(28(7)8,29(9)10)30(11)12)22-35(39(32)34)40-38(46)23-36-42(41(40)47)49-44(48)50-43(36)51-19-14-15-31(13)24-51/h16-17,21-23,25-31H,14-15,19,24H2,1-13H3/t31-/m1/s1. The van der Waals surface area contributed by atoms with Crippen molar-refractivity contribution in [1.29, 1.82) is 0 Å². The van der Waals surface area contributed by atoms with Crippen molar-refractivity contribution in [2.24, 2.45) is 5.92 Å². The lowest BCUT2D eigenvalue weighted by atomic mass is 9.92. The molecule has 0 N–H and O–H groups in total. The molecule has 0 spiro atoms. The first-order chi connectivity index (χ1) is 25.3. The number of hydrogen-bond donors (Lipinski definition) is 0. The van der Waals surface area contributed by atoms with Gasteiger partial charge in [-0.3, -0.25) is 0 Å². The molecule has 1 atom stereocenters. The molecule has 54 heavy (non-hydrogen) atoms. The van der Waals surface area contributed by atoms with Crippen molar-refractivity contribution >= 4 is 43.9 Å². The summed E-state index contributed by atoms with van der Waals surface area (Å²) < 4.78 is 72.8. The van der Waals surface area contributed by atoms with E-state index in [1.54, 1.807) is 12.1 Å². The van der Waals surface area contributed by atoms with Crippen LogP contribution in [0.1, 0.15) is 108 Å². The molecule has 1 aromatic heterocycles. The fraction of sp³-hybridized carbons (Fsp3) is 0.545. The Kier molecular flexibility index (Phi) is 12.3. The van der Waals surface area contributed by atoms with Gasteiger partial charge in [-0.15, -0.1) is 5.54 Å². The second-order valence-corrected chi connectivity index (χ2v) is 28.5. The van der Waals surface area contributed by atoms with E-state index >= 15 is 17.6 Å². The molecule has 2 heterocycles. The van der Waals surface area contributed by atoms with Crippen LogP contribution in [0.4, 0.5) is 23.4 Å². The normalized spacial score (nSPS) is 15.8. The van der Waals surface area contributed by atoms with Gasteiger partial charge in [0, 0.05) is 29.4 Å². The number of nitrogens with zero attached hydrogens (tertiary/aromatic N) is 3. The maximum absolute atomic E-state index is 17.3. The fourth-order valence-corrected chi connectivity index (χ4v) is 20.4. The monoisotopic (exact) mass is 777 g/mol. The third kappa shape index (κ3) is 7.32. The van der Waals surface area contributed by atoms with Gasteiger partial charge in [-0.25, -0.2) is 13.2 Å². The zero-order valence-electron chi connectivity index (χ0n) is 34.5. The average molecular weight is 778 g/mol. The molecule has 3 aromatic carbocycles. The molecule has 1 saturated heterocycles. The lowest BCUT2D eigenvalue weighted by molar-refractivity contribution is 0.442. The van der Waals surface area contributed by atoms with Crippen molar-refractivity contribution in [3.8, 4) is 28.3 Å². The third-order valence-corrected chi connectivity index (χ3v) is 24.7. The van der Waals surface area contributed by atoms with Crippen molar-refractivity contribution in [3.63, 3.8) is 0 Å². The quantitative estimate of drug-likeness (QED) is 0.0696. The van der Waals surface area contributed by atoms with Crippen molar-refractivity contribution in [3.05, 3.63) is 59.4 Å². The van der Waals surface area contributed by atoms with Crippen LogP contribution in [-0.4, -0.2) is 39.4 Å². The van der Waals surface area contributed by atoms with Crippen LogP contribution in [0, 0.1) is 40.9 Å². The molecule has 4 aromatic rings. The topological polar surface area (TPSA) is 38.2 Å². The van der Waals surface area contributed by atoms with Gasteiger partial charge < -0.3 is 9.33 Å². The smallest absolute Gasteiger partial charge is 0.311 e. The molecular formula is C44H59F4N3OSi2. The van der Waals surface area contributed by atoms with Gasteiger partial charge in [0.2, 0.25) is 0 Å². The Morgan fingerprint density at radius 2 is 1.39 bits per heavy atom. The summed E-state index contributed by atoms with van der Waals surface area (Å²) in [5.74, 6) is 1.74. The van der Waals surface area contributed by atoms with Crippen LogP contribution in [0.25, 0.3) is 32.8 Å². The predicted molar refractivity (Wildman–Crippen MR) is 223 cm³/mol. The Labute approximate surface area is 322 Å². The highest BCUT2D eigenvalue weighted by atomic mass is 28.4. The number of fused-ring (bicyclic) bond motifs is 2. The molecule has 0 aliphatic carbocycles. The summed E-state index contributed by atoms with van der Waals surface area (Å²) in [5.41, 5.74) is 4.58. The lowest BCUT2D eigenvalue weighted by Gasteiger charge is -2.42. The molecule has 0 unspecified atom stereocenters. The van der Waals surface area contributed by atoms with Crippen molar-refractivity contribution < 1.29 is 22.0 Å². The Bertz CT molecular complexity index is 2040. The molecule has 1 aliphatic heterocycles. The van der Waals surface area contributed by atoms with Crippen LogP contribution in [0.5, 0.6) is 5.75 Å². The van der Waals surface area contributed by atoms with Crippen LogP contribution < -0.4 is 9.33 Å². The third-order valence-electron chi connectivity index (χ3n) is 12.4. The Hall–Kier alpha value is -3.43. The zero-order valence-corrected chi connectivity index (χ0v) is 36.5. The number of hydrogen-bond acceptors (Lipinski definition) is 4. The van der Waals surface area contributed by atoms with Crippen LogP contribution in [-0.2, 0) is 0 Å². The molecule has 0 bridgehead atoms. The van der Waals surface area contributed by atoms with Crippen LogP contribution in [0.3, 0.4) is 0 Å². The maximum Gasteiger partial charge on any atom is 0.311 e. The van der Waals surface area contributed by atoms with E-state index in [4.69, 9.17) is 4.43 Å². The fourth-order valence-electron chi connectivity index (χ4n) is 9.98. The molecular weight excluding hydrogens is 719 g/mol. The minimum Gasteiger partial charge on any atom is -0.543 e. The number of piperidine rings is 1. The minimum absolute atomic E-state index is 0.0868. The summed E-state index contributed by atoms with van der Waals surface area (Å²) in [4.78, 5) is 9.84. The molecule has 1 aliphatic rings. The Balaban J connectivity index is 1.91. The van der Waals surface area contributed by atoms with Gasteiger partial charge >= 0.3 is 6.08 Å². The highest BCUT2D eigenvalue weighted by Crippen LogP contribution is 2.47. The molecule has 1 fully saturated rings. The zero-order chi connectivity index (χ0) is 40.0. The summed E-state index contributed by atoms with van der Waals surface area (Å²) in [7, 11) is -4.90. The molecule has 0 radical (unpaired) electrons. The molecule has 5 rings (SSSR count). The van der Waals surface area contributed by atoms with Crippen molar-refractivity contribution in [2.75, 3.05) is 18.0 Å². The van der Waals surface area contributed by atoms with Gasteiger partial charge in [0.15, 0.2) is 5.82 Å². The minimum atomic E-state index is -2.55. The molecule has 0 amide bonds. The van der Waals surface area contributed by atoms with E-state index in [-0.39, 0.29) is 66.5 Å². The van der Waals surface area contributed by atoms with E-state index in [0.717, 1.165) is 12.8 Å². The highest BCUT2D eigenvalue weighted by molar-refractivity contribution is 6.90. The number of halogens is 4. The molecule has 4 nitrogen and oxygen atoms in total. The summed E-state index contributed by atoms with van der Waals surface area (Å²) >= 11 is 0. The first-order valence-corrected chi connectivity index (χ1v) is 24.2. The van der Waals surface area contributed by atoms with Gasteiger partial charge in [-0.1, -0.05) is 102 Å². The first-order valence-electron chi connectivity index (χ1n) is 19.9. The van der Waals surface area contributed by atoms with E-state index in [1.807, 2.05) is 11.0 Å². The molecule has 292 valence electrons. The van der Waals surface area contributed by atoms with Gasteiger partial charge in [-0.2, -0.15) is 14.4 Å². The van der Waals surface area contributed by atoms with Crippen molar-refractivity contribution in [2.45, 2.75) is 136 Å². The average Bonchev–Trinajstić information content (AvgIpc) is 3.07. The van der Waals surface area contributed by atoms with E-state index in [9.17, 15) is 0 Å². The summed E-state index contributed by atoms with van der Waals surface area (Å²) in [5, 5.41) is 0.935. The SMILES string of the molecule is CC(C)[Si](C#Cc1c(F)ccc2cc(O[Si](C(C)C)(C(C)C)C(C)C)cc(-c3c(F)cc4c(N5CCC[C@@H](C)C5)nc(F)nc4c3F)c12)(C(C)C)C(C)C. The predicted octanol–water partition coefficient (Wildman–Crippen LogP) is 13.4. The lowest BCUT2D eigenvalue weighted by Crippen LogP contribution is -2.50. The number of rotatable bonds is 10. The van der Waals surface area contributed by atoms with Gasteiger partial charge in [-0.05, 0) is 81.7 Å². The first kappa shape index (κ1) is 41.7. The summed E-state index contributed by atoms with van der Waals surface area (Å²) in [6.45, 7) is 29.4. The molecule has 0 saturated carbocycles. The van der Waals surface area contributed by atoms with Crippen LogP contribution >= 0.6 is 0 Å². The van der Waals surface area contributed by atoms with Gasteiger partial charge in [0.1, 0.15) is 36.8 Å². The van der Waals surface area contributed by atoms with Crippen molar-refractivity contribution in [1.82, 2.24) is 9.97 Å². The number of anilines is 1. The largest absolute Gasteiger partial charge is 0.543 e. The second-order valence-electron chi connectivity index (χ2n) is 17.5. The molecule has 10 heteroatoms.